The molecule has 3 heterocycles. The number of benzene rings is 3. The number of hydrogen-bond donors (Lipinski definition) is 2. The Balaban J connectivity index is 1.21. The lowest BCUT2D eigenvalue weighted by molar-refractivity contribution is 0.177. The van der Waals surface area contributed by atoms with Crippen LogP contribution in [0.1, 0.15) is 56.3 Å². The van der Waals surface area contributed by atoms with E-state index in [0.29, 0.717) is 51.2 Å². The summed E-state index contributed by atoms with van der Waals surface area (Å²) in [6.45, 7) is 7.97. The van der Waals surface area contributed by atoms with Gasteiger partial charge in [0.05, 0.1) is 57.1 Å². The minimum atomic E-state index is -1.21. The molecule has 13 heteroatoms. The third-order valence-corrected chi connectivity index (χ3v) is 12.2. The Morgan fingerprint density at radius 1 is 1.00 bits per heavy atom. The highest BCUT2D eigenvalue weighted by Crippen LogP contribution is 2.52. The third-order valence-electron chi connectivity index (χ3n) is 9.83. The number of fused-ring (bicyclic) bond motifs is 2. The van der Waals surface area contributed by atoms with Crippen molar-refractivity contribution in [3.8, 4) is 17.2 Å². The van der Waals surface area contributed by atoms with Crippen LogP contribution in [-0.2, 0) is 24.0 Å². The molecule has 7 rings (SSSR count). The average Bonchev–Trinajstić information content (AvgIpc) is 3.67. The summed E-state index contributed by atoms with van der Waals surface area (Å²) in [5.74, 6) is 2.66. The summed E-state index contributed by atoms with van der Waals surface area (Å²) in [5, 5.41) is 9.97. The lowest BCUT2D eigenvalue weighted by Gasteiger charge is -2.44. The molecule has 0 bridgehead atoms. The first-order valence-corrected chi connectivity index (χ1v) is 18.6. The van der Waals surface area contributed by atoms with Crippen LogP contribution in [0.25, 0.3) is 16.7 Å². The van der Waals surface area contributed by atoms with Crippen LogP contribution in [-0.4, -0.2) is 56.0 Å². The van der Waals surface area contributed by atoms with Crippen molar-refractivity contribution in [2.24, 2.45) is 5.41 Å². The number of nitrogens with one attached hydrogen (secondary N) is 2. The molecule has 1 spiro atoms. The van der Waals surface area contributed by atoms with Crippen molar-refractivity contribution in [3.63, 3.8) is 0 Å². The van der Waals surface area contributed by atoms with E-state index in [0.717, 1.165) is 43.3 Å². The summed E-state index contributed by atoms with van der Waals surface area (Å²) in [7, 11) is 2.07. The Morgan fingerprint density at radius 3 is 2.52 bits per heavy atom. The lowest BCUT2D eigenvalue weighted by atomic mass is 9.73. The maximum absolute atomic E-state index is 13.4. The number of methoxy groups -OCH3 is 2. The quantitative estimate of drug-likeness (QED) is 0.159. The Morgan fingerprint density at radius 2 is 1.78 bits per heavy atom. The van der Waals surface area contributed by atoms with Crippen molar-refractivity contribution in [3.05, 3.63) is 93.6 Å². The van der Waals surface area contributed by atoms with Crippen molar-refractivity contribution < 1.29 is 13.7 Å². The topological polar surface area (TPSA) is 106 Å². The van der Waals surface area contributed by atoms with Crippen LogP contribution in [0.5, 0.6) is 11.5 Å². The minimum Gasteiger partial charge on any atom is -0.497 e. The summed E-state index contributed by atoms with van der Waals surface area (Å²) in [4.78, 5) is 12.3. The number of nitrogens with zero attached hydrogens (tertiary/aromatic N) is 5. The van der Waals surface area contributed by atoms with Crippen LogP contribution in [0.2, 0.25) is 10.0 Å². The van der Waals surface area contributed by atoms with Gasteiger partial charge in [-0.25, -0.2) is 13.6 Å². The molecule has 1 fully saturated rings. The predicted octanol–water partition coefficient (Wildman–Crippen LogP) is 7.69. The molecule has 2 aliphatic rings. The summed E-state index contributed by atoms with van der Waals surface area (Å²) >= 11 is 13.0. The maximum atomic E-state index is 13.4. The van der Waals surface area contributed by atoms with Gasteiger partial charge in [0.15, 0.2) is 5.65 Å². The van der Waals surface area contributed by atoms with E-state index < -0.39 is 11.0 Å². The standard InChI is InChI=1S/C37H41Cl2N7O3S/c1-36(2,3)50(47)44-32-26-10-7-6-9-23(26)20-37(32)15-17-45(18-16-37)35-41-33(40-21-24-13-14-25(48-4)19-30(24)49-5)27-22-46(43-34(27)42-35)29-12-8-11-28(38)31(29)39/h6-14,19,22,32,44H,15-18,20-21H2,1-5H3,(H,40,41,42,43)/t32-,50?/m1/s1. The maximum Gasteiger partial charge on any atom is 0.229 e. The van der Waals surface area contributed by atoms with Gasteiger partial charge in [0.1, 0.15) is 17.3 Å². The predicted molar refractivity (Wildman–Crippen MR) is 201 cm³/mol. The molecule has 0 saturated carbocycles. The van der Waals surface area contributed by atoms with Gasteiger partial charge < -0.3 is 19.7 Å². The van der Waals surface area contributed by atoms with Crippen LogP contribution in [0.15, 0.2) is 66.9 Å². The van der Waals surface area contributed by atoms with Crippen LogP contribution in [0.3, 0.4) is 0 Å². The highest BCUT2D eigenvalue weighted by atomic mass is 35.5. The number of ether oxygens (including phenoxy) is 2. The number of hydrogen-bond acceptors (Lipinski definition) is 8. The first-order valence-electron chi connectivity index (χ1n) is 16.7. The second-order valence-corrected chi connectivity index (χ2v) is 16.7. The highest BCUT2D eigenvalue weighted by Gasteiger charge is 2.49. The number of piperidine rings is 1. The highest BCUT2D eigenvalue weighted by molar-refractivity contribution is 7.84. The monoisotopic (exact) mass is 733 g/mol. The van der Waals surface area contributed by atoms with Gasteiger partial charge in [0, 0.05) is 37.5 Å². The number of halogens is 2. The van der Waals surface area contributed by atoms with E-state index in [9.17, 15) is 4.21 Å². The van der Waals surface area contributed by atoms with Crippen molar-refractivity contribution in [2.45, 2.75) is 57.4 Å². The van der Waals surface area contributed by atoms with Crippen molar-refractivity contribution in [1.29, 1.82) is 0 Å². The summed E-state index contributed by atoms with van der Waals surface area (Å²) in [6.07, 6.45) is 4.59. The molecule has 1 unspecified atom stereocenters. The number of aromatic nitrogens is 4. The van der Waals surface area contributed by atoms with Gasteiger partial charge in [-0.15, -0.1) is 5.10 Å². The van der Waals surface area contributed by atoms with Crippen LogP contribution >= 0.6 is 23.2 Å². The summed E-state index contributed by atoms with van der Waals surface area (Å²) in [6, 6.07) is 19.8. The zero-order valence-electron chi connectivity index (χ0n) is 28.8. The van der Waals surface area contributed by atoms with Gasteiger partial charge in [-0.05, 0) is 80.8 Å². The smallest absolute Gasteiger partial charge is 0.229 e. The molecule has 1 aliphatic heterocycles. The van der Waals surface area contributed by atoms with E-state index in [2.05, 4.69) is 39.2 Å². The first kappa shape index (κ1) is 34.5. The normalized spacial score (nSPS) is 17.6. The van der Waals surface area contributed by atoms with Gasteiger partial charge in [-0.3, -0.25) is 0 Å². The van der Waals surface area contributed by atoms with E-state index >= 15 is 0 Å². The molecule has 3 aromatic carbocycles. The zero-order valence-corrected chi connectivity index (χ0v) is 31.1. The molecule has 262 valence electrons. The molecule has 1 saturated heterocycles. The fraction of sp³-hybridized carbons (Fsp3) is 0.378. The summed E-state index contributed by atoms with van der Waals surface area (Å²) in [5.41, 5.74) is 4.63. The Kier molecular flexibility index (Phi) is 9.44. The van der Waals surface area contributed by atoms with Crippen molar-refractivity contribution in [2.75, 3.05) is 37.5 Å². The molecule has 2 aromatic heterocycles. The van der Waals surface area contributed by atoms with E-state index in [1.807, 2.05) is 57.3 Å². The van der Waals surface area contributed by atoms with Gasteiger partial charge in [-0.1, -0.05) is 53.5 Å². The van der Waals surface area contributed by atoms with Crippen molar-refractivity contribution in [1.82, 2.24) is 24.5 Å². The minimum absolute atomic E-state index is 0.000782. The Labute approximate surface area is 305 Å². The van der Waals surface area contributed by atoms with Gasteiger partial charge in [-0.2, -0.15) is 9.97 Å². The molecule has 0 radical (unpaired) electrons. The molecule has 2 atom stereocenters. The molecular weight excluding hydrogens is 693 g/mol. The average molecular weight is 735 g/mol. The van der Waals surface area contributed by atoms with E-state index in [4.69, 9.17) is 47.7 Å². The Hall–Kier alpha value is -3.90. The summed E-state index contributed by atoms with van der Waals surface area (Å²) < 4.78 is 29.3. The second kappa shape index (κ2) is 13.7. The van der Waals surface area contributed by atoms with Crippen LogP contribution < -0.4 is 24.4 Å². The second-order valence-electron chi connectivity index (χ2n) is 13.9. The van der Waals surface area contributed by atoms with Crippen molar-refractivity contribution >= 4 is 57.0 Å². The largest absolute Gasteiger partial charge is 0.497 e. The van der Waals surface area contributed by atoms with Gasteiger partial charge >= 0.3 is 0 Å². The SMILES string of the molecule is COc1ccc(CNc2nc(N3CCC4(CC3)Cc3ccccc3[C@H]4NS(=O)C(C)(C)C)nc3nn(-c4cccc(Cl)c4Cl)cc23)c(OC)c1. The molecule has 50 heavy (non-hydrogen) atoms. The van der Waals surface area contributed by atoms with E-state index in [1.54, 1.807) is 25.0 Å². The molecule has 5 aromatic rings. The zero-order chi connectivity index (χ0) is 35.2. The Bertz CT molecular complexity index is 2070. The number of rotatable bonds is 9. The van der Waals surface area contributed by atoms with E-state index in [-0.39, 0.29) is 16.2 Å². The molecule has 2 N–H and O–H groups in total. The van der Waals surface area contributed by atoms with Crippen LogP contribution in [0, 0.1) is 5.41 Å². The lowest BCUT2D eigenvalue weighted by Crippen LogP contribution is -2.48. The molecule has 1 aliphatic carbocycles. The molecule has 10 nitrogen and oxygen atoms in total. The molecular formula is C37H41Cl2N7O3S. The number of anilines is 2. The first-order chi connectivity index (χ1) is 24.0. The third kappa shape index (κ3) is 6.52. The fourth-order valence-corrected chi connectivity index (χ4v) is 8.34. The van der Waals surface area contributed by atoms with Gasteiger partial charge in [0.25, 0.3) is 0 Å². The van der Waals surface area contributed by atoms with Gasteiger partial charge in [0.2, 0.25) is 5.95 Å². The van der Waals surface area contributed by atoms with E-state index in [1.165, 1.54) is 11.1 Å². The molecule has 0 amide bonds. The van der Waals surface area contributed by atoms with Crippen LogP contribution in [0.4, 0.5) is 11.8 Å². The fourth-order valence-electron chi connectivity index (χ4n) is 7.02.